The lowest BCUT2D eigenvalue weighted by atomic mass is 10.1. The van der Waals surface area contributed by atoms with Crippen LogP contribution in [0.4, 0.5) is 0 Å². The molecule has 0 radical (unpaired) electrons. The van der Waals surface area contributed by atoms with Crippen molar-refractivity contribution in [1.29, 1.82) is 0 Å². The predicted octanol–water partition coefficient (Wildman–Crippen LogP) is 2.34. The minimum atomic E-state index is -0.264. The molecule has 0 saturated carbocycles. The molecule has 0 bridgehead atoms. The first-order valence-electron chi connectivity index (χ1n) is 5.98. The summed E-state index contributed by atoms with van der Waals surface area (Å²) in [5.41, 5.74) is 0.284. The fourth-order valence-electron chi connectivity index (χ4n) is 1.77. The Balaban J connectivity index is 2.43. The van der Waals surface area contributed by atoms with Gasteiger partial charge < -0.3 is 10.0 Å². The van der Waals surface area contributed by atoms with Crippen LogP contribution < -0.4 is 0 Å². The molecule has 0 saturated heterocycles. The Morgan fingerprint density at radius 2 is 2.16 bits per heavy atom. The first-order chi connectivity index (χ1) is 9.04. The van der Waals surface area contributed by atoms with Crippen molar-refractivity contribution in [2.24, 2.45) is 0 Å². The van der Waals surface area contributed by atoms with Gasteiger partial charge in [0.1, 0.15) is 10.8 Å². The summed E-state index contributed by atoms with van der Waals surface area (Å²) in [4.78, 5) is 17.8. The summed E-state index contributed by atoms with van der Waals surface area (Å²) in [7, 11) is 1.63. The second kappa shape index (κ2) is 5.55. The maximum absolute atomic E-state index is 12.2. The van der Waals surface area contributed by atoms with Crippen LogP contribution in [-0.4, -0.2) is 40.6 Å². The van der Waals surface area contributed by atoms with E-state index >= 15 is 0 Å². The Morgan fingerprint density at radius 3 is 2.84 bits per heavy atom. The average Bonchev–Trinajstić information content (AvgIpc) is 2.44. The molecule has 19 heavy (non-hydrogen) atoms. The number of halogens is 1. The smallest absolute Gasteiger partial charge is 0.272 e. The van der Waals surface area contributed by atoms with Crippen molar-refractivity contribution in [2.75, 3.05) is 13.7 Å². The SMILES string of the molecule is CC(CO)N(C)C(=O)c1cc2ccccc2c(Cl)n1. The van der Waals surface area contributed by atoms with Crippen LogP contribution in [0.15, 0.2) is 30.3 Å². The number of amides is 1. The van der Waals surface area contributed by atoms with Gasteiger partial charge in [-0.05, 0) is 18.4 Å². The number of hydrogen-bond donors (Lipinski definition) is 1. The number of aliphatic hydroxyl groups excluding tert-OH is 1. The lowest BCUT2D eigenvalue weighted by molar-refractivity contribution is 0.0676. The van der Waals surface area contributed by atoms with Gasteiger partial charge in [-0.1, -0.05) is 35.9 Å². The number of aliphatic hydroxyl groups is 1. The Bertz CT molecular complexity index is 615. The van der Waals surface area contributed by atoms with Crippen molar-refractivity contribution < 1.29 is 9.90 Å². The standard InChI is InChI=1S/C14H15ClN2O2/c1-9(8-18)17(2)14(19)12-7-10-5-3-4-6-11(10)13(15)16-12/h3-7,9,18H,8H2,1-2H3. The molecule has 100 valence electrons. The molecule has 1 atom stereocenters. The van der Waals surface area contributed by atoms with Gasteiger partial charge in [0, 0.05) is 12.4 Å². The van der Waals surface area contributed by atoms with E-state index in [0.717, 1.165) is 10.8 Å². The Hall–Kier alpha value is -1.65. The lowest BCUT2D eigenvalue weighted by Gasteiger charge is -2.22. The molecule has 5 heteroatoms. The third kappa shape index (κ3) is 2.69. The second-order valence-electron chi connectivity index (χ2n) is 4.47. The van der Waals surface area contributed by atoms with E-state index < -0.39 is 0 Å². The topological polar surface area (TPSA) is 53.4 Å². The van der Waals surface area contributed by atoms with E-state index in [1.807, 2.05) is 24.3 Å². The number of likely N-dealkylation sites (N-methyl/N-ethyl adjacent to an activating group) is 1. The largest absolute Gasteiger partial charge is 0.394 e. The van der Waals surface area contributed by atoms with Crippen molar-refractivity contribution in [1.82, 2.24) is 9.88 Å². The highest BCUT2D eigenvalue weighted by atomic mass is 35.5. The van der Waals surface area contributed by atoms with E-state index in [9.17, 15) is 4.79 Å². The van der Waals surface area contributed by atoms with Crippen molar-refractivity contribution >= 4 is 28.3 Å². The summed E-state index contributed by atoms with van der Waals surface area (Å²) in [6.45, 7) is 1.67. The molecule has 0 aliphatic rings. The van der Waals surface area contributed by atoms with Gasteiger partial charge in [-0.15, -0.1) is 0 Å². The fraction of sp³-hybridized carbons (Fsp3) is 0.286. The van der Waals surface area contributed by atoms with Crippen molar-refractivity contribution in [3.05, 3.63) is 41.2 Å². The summed E-state index contributed by atoms with van der Waals surface area (Å²) in [5.74, 6) is -0.255. The molecule has 2 aromatic rings. The fourth-order valence-corrected chi connectivity index (χ4v) is 2.03. The maximum atomic E-state index is 12.2. The Labute approximate surface area is 116 Å². The van der Waals surface area contributed by atoms with E-state index in [1.54, 1.807) is 20.0 Å². The average molecular weight is 279 g/mol. The minimum Gasteiger partial charge on any atom is -0.394 e. The molecule has 4 nitrogen and oxygen atoms in total. The molecular weight excluding hydrogens is 264 g/mol. The zero-order chi connectivity index (χ0) is 14.0. The number of rotatable bonds is 3. The zero-order valence-electron chi connectivity index (χ0n) is 10.8. The first kappa shape index (κ1) is 13.8. The van der Waals surface area contributed by atoms with E-state index in [0.29, 0.717) is 5.15 Å². The molecule has 1 N–H and O–H groups in total. The number of pyridine rings is 1. The van der Waals surface area contributed by atoms with Gasteiger partial charge in [-0.3, -0.25) is 4.79 Å². The van der Waals surface area contributed by atoms with Crippen LogP contribution in [-0.2, 0) is 0 Å². The van der Waals surface area contributed by atoms with E-state index in [1.165, 1.54) is 4.90 Å². The maximum Gasteiger partial charge on any atom is 0.272 e. The van der Waals surface area contributed by atoms with Gasteiger partial charge in [-0.25, -0.2) is 4.98 Å². The van der Waals surface area contributed by atoms with E-state index in [-0.39, 0.29) is 24.2 Å². The van der Waals surface area contributed by atoms with Gasteiger partial charge in [-0.2, -0.15) is 0 Å². The molecule has 1 heterocycles. The van der Waals surface area contributed by atoms with Gasteiger partial charge in [0.05, 0.1) is 12.6 Å². The van der Waals surface area contributed by atoms with Crippen LogP contribution in [0.5, 0.6) is 0 Å². The number of fused-ring (bicyclic) bond motifs is 1. The summed E-state index contributed by atoms with van der Waals surface area (Å²) < 4.78 is 0. The van der Waals surface area contributed by atoms with E-state index in [2.05, 4.69) is 4.98 Å². The second-order valence-corrected chi connectivity index (χ2v) is 4.83. The van der Waals surface area contributed by atoms with Gasteiger partial charge >= 0.3 is 0 Å². The van der Waals surface area contributed by atoms with Crippen LogP contribution in [0.2, 0.25) is 5.15 Å². The summed E-state index contributed by atoms with van der Waals surface area (Å²) in [6.07, 6.45) is 0. The Morgan fingerprint density at radius 1 is 1.47 bits per heavy atom. The molecule has 0 aliphatic carbocycles. The molecule has 1 aromatic heterocycles. The first-order valence-corrected chi connectivity index (χ1v) is 6.35. The Kier molecular flexibility index (Phi) is 4.02. The molecule has 0 aliphatic heterocycles. The monoisotopic (exact) mass is 278 g/mol. The molecule has 1 amide bonds. The minimum absolute atomic E-state index is 0.0937. The number of nitrogens with zero attached hydrogens (tertiary/aromatic N) is 2. The van der Waals surface area contributed by atoms with Gasteiger partial charge in [0.15, 0.2) is 0 Å². The van der Waals surface area contributed by atoms with Crippen molar-refractivity contribution in [3.8, 4) is 0 Å². The predicted molar refractivity (Wildman–Crippen MR) is 75.4 cm³/mol. The summed E-state index contributed by atoms with van der Waals surface area (Å²) in [5, 5.41) is 11.1. The summed E-state index contributed by atoms with van der Waals surface area (Å²) in [6, 6.07) is 8.95. The van der Waals surface area contributed by atoms with Crippen molar-refractivity contribution in [3.63, 3.8) is 0 Å². The third-order valence-corrected chi connectivity index (χ3v) is 3.45. The van der Waals surface area contributed by atoms with Crippen LogP contribution in [0, 0.1) is 0 Å². The highest BCUT2D eigenvalue weighted by Crippen LogP contribution is 2.22. The highest BCUT2D eigenvalue weighted by Gasteiger charge is 2.19. The number of benzene rings is 1. The lowest BCUT2D eigenvalue weighted by Crippen LogP contribution is -2.37. The molecule has 0 spiro atoms. The molecule has 1 unspecified atom stereocenters. The van der Waals surface area contributed by atoms with Crippen LogP contribution in [0.1, 0.15) is 17.4 Å². The quantitative estimate of drug-likeness (QED) is 0.877. The highest BCUT2D eigenvalue weighted by molar-refractivity contribution is 6.34. The third-order valence-electron chi connectivity index (χ3n) is 3.16. The molecule has 2 rings (SSSR count). The number of aromatic nitrogens is 1. The van der Waals surface area contributed by atoms with Crippen LogP contribution in [0.25, 0.3) is 10.8 Å². The van der Waals surface area contributed by atoms with Gasteiger partial charge in [0.25, 0.3) is 5.91 Å². The number of carbonyl (C=O) groups excluding carboxylic acids is 1. The molecule has 1 aromatic carbocycles. The van der Waals surface area contributed by atoms with Crippen molar-refractivity contribution in [2.45, 2.75) is 13.0 Å². The van der Waals surface area contributed by atoms with E-state index in [4.69, 9.17) is 16.7 Å². The summed E-state index contributed by atoms with van der Waals surface area (Å²) >= 11 is 6.09. The van der Waals surface area contributed by atoms with Gasteiger partial charge in [0.2, 0.25) is 0 Å². The number of carbonyl (C=O) groups is 1. The van der Waals surface area contributed by atoms with Crippen LogP contribution >= 0.6 is 11.6 Å². The zero-order valence-corrected chi connectivity index (χ0v) is 11.6. The number of hydrogen-bond acceptors (Lipinski definition) is 3. The normalized spacial score (nSPS) is 12.4. The molecular formula is C14H15ClN2O2. The van der Waals surface area contributed by atoms with Crippen LogP contribution in [0.3, 0.4) is 0 Å². The molecule has 0 fully saturated rings.